The van der Waals surface area contributed by atoms with Crippen molar-refractivity contribution in [3.63, 3.8) is 0 Å². The molecule has 0 radical (unpaired) electrons. The lowest BCUT2D eigenvalue weighted by molar-refractivity contribution is 0.194. The second kappa shape index (κ2) is 25.6. The Morgan fingerprint density at radius 3 is 0.536 bits per heavy atom. The monoisotopic (exact) mass is 1130 g/mol. The van der Waals surface area contributed by atoms with E-state index in [1.807, 2.05) is 0 Å². The van der Waals surface area contributed by atoms with Crippen LogP contribution in [0.2, 0.25) is 0 Å². The highest BCUT2D eigenvalue weighted by molar-refractivity contribution is 6.22. The van der Waals surface area contributed by atoms with Crippen molar-refractivity contribution in [2.24, 2.45) is 67.0 Å². The van der Waals surface area contributed by atoms with Gasteiger partial charge >= 0.3 is 0 Å². The Kier molecular flexibility index (Phi) is 20.3. The normalized spacial score (nSPS) is 15.0. The van der Waals surface area contributed by atoms with Crippen LogP contribution < -0.4 is 0 Å². The quantitative estimate of drug-likeness (QED) is 0.0714. The zero-order valence-corrected chi connectivity index (χ0v) is 58.3. The highest BCUT2D eigenvalue weighted by atomic mass is 14.4. The minimum absolute atomic E-state index is 0.118. The Bertz CT molecular complexity index is 2930. The first-order valence-corrected chi connectivity index (χ1v) is 33.4. The molecule has 0 fully saturated rings. The van der Waals surface area contributed by atoms with E-state index in [2.05, 4.69) is 287 Å². The molecule has 0 saturated heterocycles. The second-order valence-electron chi connectivity index (χ2n) is 35.9. The highest BCUT2D eigenvalue weighted by Crippen LogP contribution is 2.64. The third-order valence-corrected chi connectivity index (χ3v) is 19.8. The predicted octanol–water partition coefficient (Wildman–Crippen LogP) is 26.1. The van der Waals surface area contributed by atoms with Gasteiger partial charge < -0.3 is 0 Å². The first-order chi connectivity index (χ1) is 38.7. The van der Waals surface area contributed by atoms with Crippen LogP contribution in [0.25, 0.3) is 66.8 Å². The lowest BCUT2D eigenvalue weighted by atomic mass is 9.64. The molecule has 0 heterocycles. The fraction of sp³-hybridized carbons (Fsp3) is 0.571. The number of rotatable bonds is 20. The molecule has 7 rings (SSSR count). The molecule has 4 unspecified atom stereocenters. The summed E-state index contributed by atoms with van der Waals surface area (Å²) in [7, 11) is 0. The Morgan fingerprint density at radius 2 is 0.369 bits per heavy atom. The zero-order chi connectivity index (χ0) is 62.2. The van der Waals surface area contributed by atoms with Gasteiger partial charge in [-0.05, 0) is 233 Å². The Balaban J connectivity index is 1.72. The molecule has 0 spiro atoms. The summed E-state index contributed by atoms with van der Waals surface area (Å²) < 4.78 is 0. The van der Waals surface area contributed by atoms with Crippen molar-refractivity contribution in [2.45, 2.75) is 243 Å². The summed E-state index contributed by atoms with van der Waals surface area (Å²) in [5.41, 5.74) is 24.4. The number of benzene rings is 6. The summed E-state index contributed by atoms with van der Waals surface area (Å²) in [4.78, 5) is 0. The Labute approximate surface area is 517 Å². The summed E-state index contributed by atoms with van der Waals surface area (Å²) in [6.07, 6.45) is 13.7. The first-order valence-electron chi connectivity index (χ1n) is 33.4. The van der Waals surface area contributed by atoms with Crippen molar-refractivity contribution in [2.75, 3.05) is 0 Å². The minimum atomic E-state index is 0.118. The van der Waals surface area contributed by atoms with Crippen LogP contribution in [0.1, 0.15) is 240 Å². The fourth-order valence-corrected chi connectivity index (χ4v) is 13.8. The zero-order valence-electron chi connectivity index (χ0n) is 58.3. The second-order valence-corrected chi connectivity index (χ2v) is 35.9. The van der Waals surface area contributed by atoms with E-state index in [1.54, 1.807) is 0 Å². The van der Waals surface area contributed by atoms with Gasteiger partial charge in [0.25, 0.3) is 0 Å². The van der Waals surface area contributed by atoms with Crippen LogP contribution in [-0.2, 0) is 25.7 Å². The molecule has 0 aromatic heterocycles. The van der Waals surface area contributed by atoms with Gasteiger partial charge in [0.05, 0.1) is 0 Å². The van der Waals surface area contributed by atoms with Crippen LogP contribution in [0.5, 0.6) is 0 Å². The predicted molar refractivity (Wildman–Crippen MR) is 374 cm³/mol. The number of hydrogen-bond donors (Lipinski definition) is 0. The third-order valence-electron chi connectivity index (χ3n) is 19.8. The molecule has 456 valence electrons. The van der Waals surface area contributed by atoms with E-state index in [1.165, 1.54) is 140 Å². The van der Waals surface area contributed by atoms with E-state index in [0.717, 1.165) is 25.7 Å². The molecule has 0 aliphatic heterocycles. The van der Waals surface area contributed by atoms with Crippen molar-refractivity contribution in [1.82, 2.24) is 0 Å². The lowest BCUT2D eigenvalue weighted by Crippen LogP contribution is -2.25. The van der Waals surface area contributed by atoms with Crippen molar-refractivity contribution < 1.29 is 0 Å². The molecule has 6 aromatic rings. The van der Waals surface area contributed by atoms with Crippen molar-refractivity contribution in [1.29, 1.82) is 0 Å². The highest BCUT2D eigenvalue weighted by Gasteiger charge is 2.40. The molecule has 84 heavy (non-hydrogen) atoms. The van der Waals surface area contributed by atoms with Crippen molar-refractivity contribution >= 4 is 0 Å². The SMILES string of the molecule is CC(C)(C)CCC(Cc1ccccc1-c1c(-c2ccccc2CC(CCC(C)(C)C)C(C)(C)C)c(-c2ccccc2CC(CCC(C)(C)C)C(C)(C)C)c2c(c1-c1ccccc1CC(CCC(C)(C)C)C(C)(C)C)-c1ccccc1-2)C(C)(C)C. The van der Waals surface area contributed by atoms with Gasteiger partial charge in [0, 0.05) is 0 Å². The molecule has 0 nitrogen and oxygen atoms in total. The van der Waals surface area contributed by atoms with Crippen LogP contribution >= 0.6 is 0 Å². The van der Waals surface area contributed by atoms with E-state index in [0.29, 0.717) is 23.7 Å². The fourth-order valence-electron chi connectivity index (χ4n) is 13.8. The Morgan fingerprint density at radius 1 is 0.214 bits per heavy atom. The largest absolute Gasteiger partial charge is 0.0620 e. The molecule has 1 aliphatic rings. The molecular formula is C84H120. The van der Waals surface area contributed by atoms with Crippen LogP contribution in [0.4, 0.5) is 0 Å². The maximum atomic E-state index is 2.56. The first kappa shape index (κ1) is 66.8. The smallest absolute Gasteiger partial charge is 0.000730 e. The van der Waals surface area contributed by atoms with Gasteiger partial charge in [-0.1, -0.05) is 287 Å². The standard InChI is InChI=1S/C84H120/c1-77(2,3)49-45-61(81(13,14)15)53-57-35-25-29-39-65(57)71-72(66-40-30-26-36-58(66)54-62(82(16,17)18)46-50-78(4,5)6)74(68-42-32-28-38-60(68)56-64(84(22,23)24)48-52-80(10,11)12)76-70-44-34-33-43-69(70)75(76)73(71)67-41-31-27-37-59(67)55-63(83(19,20)21)47-51-79(7,8)9/h25-44,61-64H,45-56H2,1-24H3. The van der Waals surface area contributed by atoms with E-state index in [9.17, 15) is 0 Å². The molecular weight excluding hydrogens is 1010 g/mol. The maximum Gasteiger partial charge on any atom is -0.000730 e. The summed E-state index contributed by atoms with van der Waals surface area (Å²) in [5, 5.41) is 0. The summed E-state index contributed by atoms with van der Waals surface area (Å²) in [6.45, 7) is 59.2. The van der Waals surface area contributed by atoms with Crippen molar-refractivity contribution in [3.05, 3.63) is 144 Å². The maximum absolute atomic E-state index is 2.56. The van der Waals surface area contributed by atoms with Crippen LogP contribution in [-0.4, -0.2) is 0 Å². The summed E-state index contributed by atoms with van der Waals surface area (Å²) in [6, 6.07) is 48.7. The van der Waals surface area contributed by atoms with Crippen LogP contribution in [0, 0.1) is 67.0 Å². The summed E-state index contributed by atoms with van der Waals surface area (Å²) in [5.74, 6) is 1.99. The third kappa shape index (κ3) is 17.1. The van der Waals surface area contributed by atoms with Gasteiger partial charge in [-0.25, -0.2) is 0 Å². The average molecular weight is 1130 g/mol. The van der Waals surface area contributed by atoms with E-state index in [4.69, 9.17) is 0 Å². The molecule has 0 amide bonds. The molecule has 0 saturated carbocycles. The van der Waals surface area contributed by atoms with Gasteiger partial charge in [0.2, 0.25) is 0 Å². The molecule has 0 N–H and O–H groups in total. The van der Waals surface area contributed by atoms with E-state index < -0.39 is 0 Å². The molecule has 4 atom stereocenters. The van der Waals surface area contributed by atoms with E-state index in [-0.39, 0.29) is 43.3 Å². The van der Waals surface area contributed by atoms with Gasteiger partial charge in [0.1, 0.15) is 0 Å². The Hall–Kier alpha value is -4.68. The van der Waals surface area contributed by atoms with E-state index >= 15 is 0 Å². The molecule has 0 heteroatoms. The van der Waals surface area contributed by atoms with Crippen LogP contribution in [0.15, 0.2) is 121 Å². The number of fused-ring (bicyclic) bond motifs is 4. The van der Waals surface area contributed by atoms with Gasteiger partial charge in [-0.15, -0.1) is 0 Å². The van der Waals surface area contributed by atoms with Crippen molar-refractivity contribution in [3.8, 4) is 66.8 Å². The number of hydrogen-bond acceptors (Lipinski definition) is 0. The molecule has 1 aliphatic carbocycles. The average Bonchev–Trinajstić information content (AvgIpc) is 0.707. The van der Waals surface area contributed by atoms with Crippen LogP contribution in [0.3, 0.4) is 0 Å². The van der Waals surface area contributed by atoms with Gasteiger partial charge in [0.15, 0.2) is 0 Å². The summed E-state index contributed by atoms with van der Waals surface area (Å²) >= 11 is 0. The van der Waals surface area contributed by atoms with Gasteiger partial charge in [-0.3, -0.25) is 0 Å². The molecule has 6 aromatic carbocycles. The topological polar surface area (TPSA) is 0 Å². The lowest BCUT2D eigenvalue weighted by Gasteiger charge is -2.38. The minimum Gasteiger partial charge on any atom is -0.0620 e. The van der Waals surface area contributed by atoms with Gasteiger partial charge in [-0.2, -0.15) is 0 Å². The molecule has 0 bridgehead atoms.